The number of hydrogen-bond acceptors (Lipinski definition) is 5. The number of oxazole rings is 1. The lowest BCUT2D eigenvalue weighted by atomic mass is 10.1. The van der Waals surface area contributed by atoms with Crippen LogP contribution in [0.4, 0.5) is 0 Å². The van der Waals surface area contributed by atoms with Crippen LogP contribution >= 0.6 is 23.2 Å². The zero-order valence-corrected chi connectivity index (χ0v) is 19.1. The first kappa shape index (κ1) is 21.2. The van der Waals surface area contributed by atoms with Crippen LogP contribution < -0.4 is 4.74 Å². The van der Waals surface area contributed by atoms with Crippen molar-refractivity contribution in [1.82, 2.24) is 20.0 Å². The predicted molar refractivity (Wildman–Crippen MR) is 129 cm³/mol. The maximum Gasteiger partial charge on any atom is 0.217 e. The highest BCUT2D eigenvalue weighted by Crippen LogP contribution is 2.34. The molecular formula is C25H18Cl2N4O2. The van der Waals surface area contributed by atoms with Crippen LogP contribution in [0.1, 0.15) is 5.89 Å². The van der Waals surface area contributed by atoms with E-state index in [9.17, 15) is 0 Å². The van der Waals surface area contributed by atoms with Crippen LogP contribution in [-0.2, 0) is 6.54 Å². The number of nitrogens with zero attached hydrogens (tertiary/aromatic N) is 4. The molecule has 0 radical (unpaired) electrons. The second-order valence-electron chi connectivity index (χ2n) is 7.30. The molecule has 0 unspecified atom stereocenters. The van der Waals surface area contributed by atoms with Crippen LogP contribution in [-0.4, -0.2) is 27.1 Å². The van der Waals surface area contributed by atoms with Crippen LogP contribution in [0.15, 0.2) is 83.4 Å². The number of hydrogen-bond donors (Lipinski definition) is 0. The van der Waals surface area contributed by atoms with Crippen LogP contribution in [0.25, 0.3) is 33.8 Å². The fourth-order valence-corrected chi connectivity index (χ4v) is 3.78. The minimum Gasteiger partial charge on any atom is -0.496 e. The molecular weight excluding hydrogens is 459 g/mol. The summed E-state index contributed by atoms with van der Waals surface area (Å²) in [6.07, 6.45) is 1.84. The molecule has 0 amide bonds. The largest absolute Gasteiger partial charge is 0.496 e. The van der Waals surface area contributed by atoms with Crippen molar-refractivity contribution < 1.29 is 9.15 Å². The fraction of sp³-hybridized carbons (Fsp3) is 0.0800. The lowest BCUT2D eigenvalue weighted by Gasteiger charge is -2.04. The summed E-state index contributed by atoms with van der Waals surface area (Å²) in [4.78, 5) is 4.76. The fourth-order valence-electron chi connectivity index (χ4n) is 3.53. The molecule has 6 nitrogen and oxygen atoms in total. The normalized spacial score (nSPS) is 11.0. The van der Waals surface area contributed by atoms with E-state index in [0.29, 0.717) is 39.6 Å². The molecule has 0 bridgehead atoms. The first-order valence-electron chi connectivity index (χ1n) is 10.2. The molecule has 164 valence electrons. The van der Waals surface area contributed by atoms with Crippen LogP contribution in [0.5, 0.6) is 5.75 Å². The van der Waals surface area contributed by atoms with Gasteiger partial charge < -0.3 is 9.15 Å². The van der Waals surface area contributed by atoms with E-state index in [1.165, 1.54) is 0 Å². The van der Waals surface area contributed by atoms with Crippen molar-refractivity contribution in [1.29, 1.82) is 0 Å². The van der Waals surface area contributed by atoms with Gasteiger partial charge in [-0.05, 0) is 48.5 Å². The van der Waals surface area contributed by atoms with Crippen molar-refractivity contribution in [3.63, 3.8) is 0 Å². The van der Waals surface area contributed by atoms with E-state index in [4.69, 9.17) is 37.3 Å². The van der Waals surface area contributed by atoms with Gasteiger partial charge in [-0.25, -0.2) is 9.67 Å². The van der Waals surface area contributed by atoms with Gasteiger partial charge in [-0.2, -0.15) is 0 Å². The van der Waals surface area contributed by atoms with E-state index in [-0.39, 0.29) is 0 Å². The molecule has 0 N–H and O–H groups in total. The average molecular weight is 477 g/mol. The van der Waals surface area contributed by atoms with E-state index in [2.05, 4.69) is 10.3 Å². The molecule has 3 aromatic carbocycles. The highest BCUT2D eigenvalue weighted by molar-refractivity contribution is 6.31. The summed E-state index contributed by atoms with van der Waals surface area (Å²) < 4.78 is 13.3. The number of para-hydroxylation sites is 1. The minimum absolute atomic E-state index is 0.316. The maximum atomic E-state index is 6.19. The first-order valence-corrected chi connectivity index (χ1v) is 10.9. The SMILES string of the molecule is COc1ccccc1-c1cn(Cc2nc(-c3ccc(Cl)cc3)c(-c3ccc(Cl)cc3)o2)nn1. The predicted octanol–water partition coefficient (Wildman–Crippen LogP) is 6.63. The van der Waals surface area contributed by atoms with Gasteiger partial charge in [0.2, 0.25) is 5.89 Å². The molecule has 0 fully saturated rings. The van der Waals surface area contributed by atoms with Crippen molar-refractivity contribution in [3.05, 3.63) is 94.9 Å². The third-order valence-electron chi connectivity index (χ3n) is 5.11. The molecule has 5 aromatic rings. The van der Waals surface area contributed by atoms with Gasteiger partial charge in [0.25, 0.3) is 0 Å². The van der Waals surface area contributed by atoms with E-state index in [1.807, 2.05) is 79.0 Å². The molecule has 0 spiro atoms. The van der Waals surface area contributed by atoms with Crippen LogP contribution in [0.2, 0.25) is 10.0 Å². The summed E-state index contributed by atoms with van der Waals surface area (Å²) in [7, 11) is 1.63. The Hall–Kier alpha value is -3.61. The van der Waals surface area contributed by atoms with Gasteiger partial charge in [0.05, 0.1) is 13.3 Å². The Morgan fingerprint density at radius 2 is 1.55 bits per heavy atom. The lowest BCUT2D eigenvalue weighted by molar-refractivity contribution is 0.416. The molecule has 2 heterocycles. The van der Waals surface area contributed by atoms with Gasteiger partial charge in [-0.15, -0.1) is 5.10 Å². The molecule has 8 heteroatoms. The quantitative estimate of drug-likeness (QED) is 0.275. The molecule has 5 rings (SSSR count). The van der Waals surface area contributed by atoms with E-state index in [0.717, 1.165) is 22.4 Å². The molecule has 0 aliphatic carbocycles. The summed E-state index contributed by atoms with van der Waals surface area (Å²) in [5.41, 5.74) is 4.05. The van der Waals surface area contributed by atoms with Crippen molar-refractivity contribution >= 4 is 23.2 Å². The van der Waals surface area contributed by atoms with Gasteiger partial charge in [0.1, 0.15) is 23.7 Å². The monoisotopic (exact) mass is 476 g/mol. The van der Waals surface area contributed by atoms with Crippen molar-refractivity contribution in [2.75, 3.05) is 7.11 Å². The Morgan fingerprint density at radius 1 is 0.879 bits per heavy atom. The standard InChI is InChI=1S/C25H18Cl2N4O2/c1-32-22-5-3-2-4-20(22)21-14-31(30-29-21)15-23-28-24(16-6-10-18(26)11-7-16)25(33-23)17-8-12-19(27)13-9-17/h2-14H,15H2,1H3. The summed E-state index contributed by atoms with van der Waals surface area (Å²) >= 11 is 12.1. The Morgan fingerprint density at radius 3 is 2.24 bits per heavy atom. The number of rotatable bonds is 6. The summed E-state index contributed by atoms with van der Waals surface area (Å²) in [5, 5.41) is 9.84. The van der Waals surface area contributed by atoms with Gasteiger partial charge in [0, 0.05) is 26.7 Å². The molecule has 33 heavy (non-hydrogen) atoms. The highest BCUT2D eigenvalue weighted by atomic mass is 35.5. The van der Waals surface area contributed by atoms with Gasteiger partial charge in [-0.3, -0.25) is 0 Å². The third-order valence-corrected chi connectivity index (χ3v) is 5.62. The summed E-state index contributed by atoms with van der Waals surface area (Å²) in [6.45, 7) is 0.316. The van der Waals surface area contributed by atoms with E-state index < -0.39 is 0 Å². The van der Waals surface area contributed by atoms with Crippen molar-refractivity contribution in [2.24, 2.45) is 0 Å². The Bertz CT molecular complexity index is 1330. The van der Waals surface area contributed by atoms with Crippen molar-refractivity contribution in [2.45, 2.75) is 6.54 Å². The number of aromatic nitrogens is 4. The second kappa shape index (κ2) is 9.10. The first-order chi connectivity index (χ1) is 16.1. The number of ether oxygens (including phenoxy) is 1. The molecule has 0 aliphatic rings. The van der Waals surface area contributed by atoms with Crippen molar-refractivity contribution in [3.8, 4) is 39.6 Å². The molecule has 2 aromatic heterocycles. The zero-order valence-electron chi connectivity index (χ0n) is 17.6. The average Bonchev–Trinajstić information content (AvgIpc) is 3.48. The zero-order chi connectivity index (χ0) is 22.8. The second-order valence-corrected chi connectivity index (χ2v) is 8.17. The van der Waals surface area contributed by atoms with Gasteiger partial charge in [0.15, 0.2) is 5.76 Å². The summed E-state index contributed by atoms with van der Waals surface area (Å²) in [5.74, 6) is 1.88. The Kier molecular flexibility index (Phi) is 5.86. The van der Waals surface area contributed by atoms with Gasteiger partial charge in [-0.1, -0.05) is 52.7 Å². The van der Waals surface area contributed by atoms with Crippen LogP contribution in [0.3, 0.4) is 0 Å². The lowest BCUT2D eigenvalue weighted by Crippen LogP contribution is -2.00. The van der Waals surface area contributed by atoms with E-state index in [1.54, 1.807) is 11.8 Å². The Balaban J connectivity index is 1.50. The Labute approximate surface area is 200 Å². The molecule has 0 saturated heterocycles. The highest BCUT2D eigenvalue weighted by Gasteiger charge is 2.18. The maximum absolute atomic E-state index is 6.19. The minimum atomic E-state index is 0.316. The number of methoxy groups -OCH3 is 1. The molecule has 0 aliphatic heterocycles. The topological polar surface area (TPSA) is 66.0 Å². The van der Waals surface area contributed by atoms with Crippen LogP contribution in [0, 0.1) is 0 Å². The third kappa shape index (κ3) is 4.49. The molecule has 0 saturated carbocycles. The number of halogens is 2. The smallest absolute Gasteiger partial charge is 0.217 e. The summed E-state index contributed by atoms with van der Waals surface area (Å²) in [6, 6.07) is 22.6. The van der Waals surface area contributed by atoms with E-state index >= 15 is 0 Å². The number of benzene rings is 3. The molecule has 0 atom stereocenters. The van der Waals surface area contributed by atoms with Gasteiger partial charge >= 0.3 is 0 Å².